The largest absolute Gasteiger partial charge is 0.497 e. The lowest BCUT2D eigenvalue weighted by Gasteiger charge is -2.23. The van der Waals surface area contributed by atoms with Crippen molar-refractivity contribution in [3.63, 3.8) is 0 Å². The highest BCUT2D eigenvalue weighted by molar-refractivity contribution is 7.89. The summed E-state index contributed by atoms with van der Waals surface area (Å²) in [5.74, 6) is 0.729. The fourth-order valence-electron chi connectivity index (χ4n) is 1.93. The molecule has 0 saturated heterocycles. The van der Waals surface area contributed by atoms with E-state index in [1.54, 1.807) is 21.1 Å². The van der Waals surface area contributed by atoms with Gasteiger partial charge in [0.15, 0.2) is 0 Å². The van der Waals surface area contributed by atoms with Gasteiger partial charge in [-0.25, -0.2) is 12.7 Å². The first kappa shape index (κ1) is 17.9. The summed E-state index contributed by atoms with van der Waals surface area (Å²) in [6.45, 7) is 6.51. The minimum absolute atomic E-state index is 0.270. The third kappa shape index (κ3) is 5.30. The summed E-state index contributed by atoms with van der Waals surface area (Å²) < 4.78 is 31.5. The van der Waals surface area contributed by atoms with Gasteiger partial charge in [0.2, 0.25) is 10.0 Å². The van der Waals surface area contributed by atoms with Crippen LogP contribution in [0.2, 0.25) is 0 Å². The van der Waals surface area contributed by atoms with Crippen LogP contribution in [0.1, 0.15) is 26.3 Å². The van der Waals surface area contributed by atoms with Gasteiger partial charge in [0.25, 0.3) is 0 Å². The standard InChI is InChI=1S/C15H26N2O3S/c1-12(2)16-10-13(3)21(18,19)17(4)11-14-7-6-8-15(9-14)20-5/h6-9,12-13,16H,10-11H2,1-5H3. The maximum Gasteiger partial charge on any atom is 0.218 e. The zero-order chi connectivity index (χ0) is 16.0. The highest BCUT2D eigenvalue weighted by atomic mass is 32.2. The van der Waals surface area contributed by atoms with E-state index in [0.717, 1.165) is 11.3 Å². The van der Waals surface area contributed by atoms with Crippen LogP contribution in [0.3, 0.4) is 0 Å². The van der Waals surface area contributed by atoms with Crippen LogP contribution in [0, 0.1) is 0 Å². The molecule has 0 radical (unpaired) electrons. The maximum atomic E-state index is 12.5. The van der Waals surface area contributed by atoms with E-state index in [9.17, 15) is 8.42 Å². The summed E-state index contributed by atoms with van der Waals surface area (Å²) in [7, 11) is -0.114. The van der Waals surface area contributed by atoms with Crippen molar-refractivity contribution in [2.24, 2.45) is 0 Å². The summed E-state index contributed by atoms with van der Waals surface area (Å²) in [6.07, 6.45) is 0. The number of rotatable bonds is 8. The molecule has 0 spiro atoms. The molecule has 1 rings (SSSR count). The fourth-order valence-corrected chi connectivity index (χ4v) is 3.18. The molecule has 0 aliphatic carbocycles. The molecule has 0 bridgehead atoms. The Bertz CT molecular complexity index is 544. The van der Waals surface area contributed by atoms with Crippen LogP contribution in [0.25, 0.3) is 0 Å². The molecule has 1 aromatic rings. The first-order chi connectivity index (χ1) is 9.77. The van der Waals surface area contributed by atoms with Crippen molar-refractivity contribution in [2.45, 2.75) is 38.6 Å². The lowest BCUT2D eigenvalue weighted by atomic mass is 10.2. The molecule has 0 fully saturated rings. The number of nitrogens with zero attached hydrogens (tertiary/aromatic N) is 1. The molecule has 1 aromatic carbocycles. The van der Waals surface area contributed by atoms with E-state index in [0.29, 0.717) is 13.1 Å². The molecule has 0 aliphatic heterocycles. The van der Waals surface area contributed by atoms with Crippen molar-refractivity contribution >= 4 is 10.0 Å². The van der Waals surface area contributed by atoms with Crippen LogP contribution in [-0.4, -0.2) is 44.7 Å². The molecule has 0 heterocycles. The predicted molar refractivity (Wildman–Crippen MR) is 86.0 cm³/mol. The van der Waals surface area contributed by atoms with Crippen molar-refractivity contribution in [1.29, 1.82) is 0 Å². The molecule has 6 heteroatoms. The van der Waals surface area contributed by atoms with Crippen LogP contribution in [0.4, 0.5) is 0 Å². The lowest BCUT2D eigenvalue weighted by molar-refractivity contribution is 0.412. The zero-order valence-corrected chi connectivity index (χ0v) is 14.3. The van der Waals surface area contributed by atoms with Gasteiger partial charge in [-0.15, -0.1) is 0 Å². The van der Waals surface area contributed by atoms with Gasteiger partial charge in [0.05, 0.1) is 12.4 Å². The topological polar surface area (TPSA) is 58.6 Å². The van der Waals surface area contributed by atoms with Gasteiger partial charge in [-0.1, -0.05) is 26.0 Å². The number of nitrogens with one attached hydrogen (secondary N) is 1. The third-order valence-corrected chi connectivity index (χ3v) is 5.48. The lowest BCUT2D eigenvalue weighted by Crippen LogP contribution is -2.41. The van der Waals surface area contributed by atoms with E-state index in [1.807, 2.05) is 38.1 Å². The number of hydrogen-bond acceptors (Lipinski definition) is 4. The second kappa shape index (κ2) is 7.77. The normalized spacial score (nSPS) is 13.7. The fraction of sp³-hybridized carbons (Fsp3) is 0.600. The quantitative estimate of drug-likeness (QED) is 0.795. The Labute approximate surface area is 128 Å². The molecule has 1 unspecified atom stereocenters. The average molecular weight is 314 g/mol. The van der Waals surface area contributed by atoms with Crippen molar-refractivity contribution in [1.82, 2.24) is 9.62 Å². The molecule has 5 nitrogen and oxygen atoms in total. The summed E-state index contributed by atoms with van der Waals surface area (Å²) in [5, 5.41) is 2.70. The highest BCUT2D eigenvalue weighted by Crippen LogP contribution is 2.16. The summed E-state index contributed by atoms with van der Waals surface area (Å²) in [6, 6.07) is 7.71. The van der Waals surface area contributed by atoms with E-state index in [2.05, 4.69) is 5.32 Å². The number of benzene rings is 1. The molecular weight excluding hydrogens is 288 g/mol. The smallest absolute Gasteiger partial charge is 0.218 e. The zero-order valence-electron chi connectivity index (χ0n) is 13.5. The van der Waals surface area contributed by atoms with E-state index in [1.165, 1.54) is 4.31 Å². The van der Waals surface area contributed by atoms with E-state index < -0.39 is 15.3 Å². The molecule has 0 saturated carbocycles. The maximum absolute atomic E-state index is 12.5. The molecule has 0 amide bonds. The molecular formula is C15H26N2O3S. The van der Waals surface area contributed by atoms with Crippen LogP contribution >= 0.6 is 0 Å². The molecule has 1 atom stereocenters. The first-order valence-corrected chi connectivity index (χ1v) is 8.59. The monoisotopic (exact) mass is 314 g/mol. The van der Waals surface area contributed by atoms with Crippen LogP contribution in [-0.2, 0) is 16.6 Å². The summed E-state index contributed by atoms with van der Waals surface area (Å²) >= 11 is 0. The summed E-state index contributed by atoms with van der Waals surface area (Å²) in [5.41, 5.74) is 0.907. The molecule has 0 aliphatic rings. The van der Waals surface area contributed by atoms with Crippen molar-refractivity contribution < 1.29 is 13.2 Å². The van der Waals surface area contributed by atoms with Gasteiger partial charge in [0.1, 0.15) is 5.75 Å². The Morgan fingerprint density at radius 1 is 1.29 bits per heavy atom. The second-order valence-electron chi connectivity index (χ2n) is 5.53. The minimum Gasteiger partial charge on any atom is -0.497 e. The highest BCUT2D eigenvalue weighted by Gasteiger charge is 2.25. The Balaban J connectivity index is 2.74. The summed E-state index contributed by atoms with van der Waals surface area (Å²) in [4.78, 5) is 0. The van der Waals surface area contributed by atoms with Gasteiger partial charge in [-0.2, -0.15) is 0 Å². The van der Waals surface area contributed by atoms with E-state index in [4.69, 9.17) is 4.74 Å². The Hall–Kier alpha value is -1.11. The molecule has 0 aromatic heterocycles. The van der Waals surface area contributed by atoms with Gasteiger partial charge in [0, 0.05) is 26.2 Å². The predicted octanol–water partition coefficient (Wildman–Crippen LogP) is 1.84. The Kier molecular flexibility index (Phi) is 6.64. The average Bonchev–Trinajstić information content (AvgIpc) is 2.44. The first-order valence-electron chi connectivity index (χ1n) is 7.08. The van der Waals surface area contributed by atoms with Crippen molar-refractivity contribution in [2.75, 3.05) is 20.7 Å². The number of methoxy groups -OCH3 is 1. The third-order valence-electron chi connectivity index (χ3n) is 3.30. The van der Waals surface area contributed by atoms with E-state index in [-0.39, 0.29) is 6.04 Å². The van der Waals surface area contributed by atoms with Crippen molar-refractivity contribution in [3.05, 3.63) is 29.8 Å². The van der Waals surface area contributed by atoms with Gasteiger partial charge in [-0.05, 0) is 24.6 Å². The molecule has 1 N–H and O–H groups in total. The molecule has 120 valence electrons. The Morgan fingerprint density at radius 2 is 1.95 bits per heavy atom. The van der Waals surface area contributed by atoms with Crippen molar-refractivity contribution in [3.8, 4) is 5.75 Å². The minimum atomic E-state index is -3.32. The SMILES string of the molecule is COc1cccc(CN(C)S(=O)(=O)C(C)CNC(C)C)c1. The molecule has 21 heavy (non-hydrogen) atoms. The number of sulfonamides is 1. The number of ether oxygens (including phenoxy) is 1. The number of hydrogen-bond donors (Lipinski definition) is 1. The second-order valence-corrected chi connectivity index (χ2v) is 7.98. The van der Waals surface area contributed by atoms with Crippen LogP contribution in [0.15, 0.2) is 24.3 Å². The van der Waals surface area contributed by atoms with Crippen LogP contribution in [0.5, 0.6) is 5.75 Å². The van der Waals surface area contributed by atoms with Gasteiger partial charge in [-0.3, -0.25) is 0 Å². The van der Waals surface area contributed by atoms with Gasteiger partial charge < -0.3 is 10.1 Å². The van der Waals surface area contributed by atoms with Crippen LogP contribution < -0.4 is 10.1 Å². The van der Waals surface area contributed by atoms with Gasteiger partial charge >= 0.3 is 0 Å². The van der Waals surface area contributed by atoms with E-state index >= 15 is 0 Å². The Morgan fingerprint density at radius 3 is 2.52 bits per heavy atom.